The molecule has 8 heteroatoms. The predicted octanol–water partition coefficient (Wildman–Crippen LogP) is 4.17. The van der Waals surface area contributed by atoms with Crippen LogP contribution in [0.15, 0.2) is 51.7 Å². The van der Waals surface area contributed by atoms with Gasteiger partial charge in [-0.2, -0.15) is 13.2 Å². The number of Topliss-reactive ketones (excluding diaryl/α,β-unsaturated/α-hetero) is 1. The molecule has 4 rings (SSSR count). The predicted molar refractivity (Wildman–Crippen MR) is 102 cm³/mol. The number of fused-ring (bicyclic) bond motifs is 1. The molecule has 0 amide bonds. The first kappa shape index (κ1) is 19.3. The summed E-state index contributed by atoms with van der Waals surface area (Å²) >= 11 is 0. The van der Waals surface area contributed by atoms with Gasteiger partial charge in [-0.15, -0.1) is 0 Å². The zero-order valence-corrected chi connectivity index (χ0v) is 15.5. The van der Waals surface area contributed by atoms with Crippen LogP contribution in [-0.4, -0.2) is 23.9 Å². The standard InChI is InChI=1S/C21H19F3N2O3/c22-21(23,24)15-2-4-16(5-3-15)26-9-7-14(8-10-26)18(27)11-13-1-6-17-19(12-13)29-20(28)25-17/h1-6,12,14H,7-11H2,(H,25,28). The highest BCUT2D eigenvalue weighted by Gasteiger charge is 2.30. The molecule has 0 aliphatic carbocycles. The molecule has 1 aromatic heterocycles. The highest BCUT2D eigenvalue weighted by Crippen LogP contribution is 2.31. The van der Waals surface area contributed by atoms with Gasteiger partial charge in [0.05, 0.1) is 11.1 Å². The molecule has 0 spiro atoms. The monoisotopic (exact) mass is 404 g/mol. The molecule has 0 atom stereocenters. The van der Waals surface area contributed by atoms with Crippen LogP contribution < -0.4 is 10.7 Å². The first-order valence-electron chi connectivity index (χ1n) is 9.36. The number of piperidine rings is 1. The first-order chi connectivity index (χ1) is 13.8. The molecule has 1 saturated heterocycles. The number of halogens is 3. The van der Waals surface area contributed by atoms with E-state index in [1.54, 1.807) is 18.2 Å². The van der Waals surface area contributed by atoms with Gasteiger partial charge in [-0.3, -0.25) is 9.78 Å². The Hall–Kier alpha value is -3.03. The Morgan fingerprint density at radius 1 is 1.10 bits per heavy atom. The average molecular weight is 404 g/mol. The summed E-state index contributed by atoms with van der Waals surface area (Å²) in [5.74, 6) is -0.497. The van der Waals surface area contributed by atoms with Crippen LogP contribution in [0.3, 0.4) is 0 Å². The molecule has 5 nitrogen and oxygen atoms in total. The Morgan fingerprint density at radius 2 is 1.79 bits per heavy atom. The molecule has 1 N–H and O–H groups in total. The minimum Gasteiger partial charge on any atom is -0.408 e. The first-order valence-corrected chi connectivity index (χ1v) is 9.36. The number of aromatic amines is 1. The number of rotatable bonds is 4. The van der Waals surface area contributed by atoms with Crippen molar-refractivity contribution in [1.82, 2.24) is 4.98 Å². The lowest BCUT2D eigenvalue weighted by Gasteiger charge is -2.33. The van der Waals surface area contributed by atoms with Gasteiger partial charge < -0.3 is 9.32 Å². The summed E-state index contributed by atoms with van der Waals surface area (Å²) in [6.45, 7) is 1.24. The van der Waals surface area contributed by atoms with E-state index >= 15 is 0 Å². The number of nitrogens with one attached hydrogen (secondary N) is 1. The van der Waals surface area contributed by atoms with Gasteiger partial charge in [0.1, 0.15) is 5.78 Å². The van der Waals surface area contributed by atoms with Crippen molar-refractivity contribution >= 4 is 22.6 Å². The Labute approximate surface area is 164 Å². The number of oxazole rings is 1. The second kappa shape index (κ2) is 7.42. The van der Waals surface area contributed by atoms with Crippen molar-refractivity contribution in [2.75, 3.05) is 18.0 Å². The molecule has 0 saturated carbocycles. The third-order valence-corrected chi connectivity index (χ3v) is 5.37. The van der Waals surface area contributed by atoms with Gasteiger partial charge in [-0.1, -0.05) is 6.07 Å². The van der Waals surface area contributed by atoms with E-state index in [-0.39, 0.29) is 18.1 Å². The lowest BCUT2D eigenvalue weighted by Crippen LogP contribution is -2.36. The van der Waals surface area contributed by atoms with Crippen LogP contribution in [0.5, 0.6) is 0 Å². The van der Waals surface area contributed by atoms with E-state index in [1.807, 2.05) is 4.90 Å². The highest BCUT2D eigenvalue weighted by molar-refractivity contribution is 5.84. The van der Waals surface area contributed by atoms with Crippen molar-refractivity contribution in [1.29, 1.82) is 0 Å². The van der Waals surface area contributed by atoms with Crippen LogP contribution in [0.25, 0.3) is 11.1 Å². The molecule has 1 fully saturated rings. The summed E-state index contributed by atoms with van der Waals surface area (Å²) in [7, 11) is 0. The number of nitrogens with zero attached hydrogens (tertiary/aromatic N) is 1. The van der Waals surface area contributed by atoms with Gasteiger partial charge in [0.15, 0.2) is 5.58 Å². The number of ketones is 1. The van der Waals surface area contributed by atoms with E-state index in [9.17, 15) is 22.8 Å². The molecule has 1 aliphatic rings. The van der Waals surface area contributed by atoms with Crippen LogP contribution >= 0.6 is 0 Å². The molecule has 29 heavy (non-hydrogen) atoms. The molecular formula is C21H19F3N2O3. The zero-order chi connectivity index (χ0) is 20.6. The third-order valence-electron chi connectivity index (χ3n) is 5.37. The molecule has 3 aromatic rings. The molecule has 2 heterocycles. The van der Waals surface area contributed by atoms with Crippen LogP contribution in [0, 0.1) is 5.92 Å². The summed E-state index contributed by atoms with van der Waals surface area (Å²) in [4.78, 5) is 28.5. The molecule has 0 unspecified atom stereocenters. The average Bonchev–Trinajstić information content (AvgIpc) is 3.07. The van der Waals surface area contributed by atoms with Gasteiger partial charge in [-0.25, -0.2) is 4.79 Å². The molecule has 0 bridgehead atoms. The fourth-order valence-corrected chi connectivity index (χ4v) is 3.77. The SMILES string of the molecule is O=C(Cc1ccc2[nH]c(=O)oc2c1)C1CCN(c2ccc(C(F)(F)F)cc2)CC1. The summed E-state index contributed by atoms with van der Waals surface area (Å²) < 4.78 is 43.1. The van der Waals surface area contributed by atoms with Crippen molar-refractivity contribution in [3.63, 3.8) is 0 Å². The van der Waals surface area contributed by atoms with E-state index in [0.29, 0.717) is 37.0 Å². The van der Waals surface area contributed by atoms with E-state index in [1.165, 1.54) is 12.1 Å². The number of alkyl halides is 3. The number of benzene rings is 2. The lowest BCUT2D eigenvalue weighted by atomic mass is 9.89. The number of anilines is 1. The summed E-state index contributed by atoms with van der Waals surface area (Å²) in [5, 5.41) is 0. The number of hydrogen-bond acceptors (Lipinski definition) is 4. The number of carbonyl (C=O) groups is 1. The summed E-state index contributed by atoms with van der Waals surface area (Å²) in [6, 6.07) is 10.3. The second-order valence-corrected chi connectivity index (χ2v) is 7.29. The topological polar surface area (TPSA) is 66.3 Å². The maximum absolute atomic E-state index is 12.7. The second-order valence-electron chi connectivity index (χ2n) is 7.29. The van der Waals surface area contributed by atoms with Crippen molar-refractivity contribution in [2.24, 2.45) is 5.92 Å². The Bertz CT molecular complexity index is 1070. The van der Waals surface area contributed by atoms with Gasteiger partial charge in [0.2, 0.25) is 0 Å². The maximum atomic E-state index is 12.7. The van der Waals surface area contributed by atoms with Crippen molar-refractivity contribution < 1.29 is 22.4 Å². The Morgan fingerprint density at radius 3 is 2.45 bits per heavy atom. The number of hydrogen-bond donors (Lipinski definition) is 1. The maximum Gasteiger partial charge on any atom is 0.417 e. The quantitative estimate of drug-likeness (QED) is 0.709. The lowest BCUT2D eigenvalue weighted by molar-refractivity contribution is -0.137. The van der Waals surface area contributed by atoms with E-state index in [4.69, 9.17) is 4.42 Å². The molecular weight excluding hydrogens is 385 g/mol. The summed E-state index contributed by atoms with van der Waals surface area (Å²) in [5.41, 5.74) is 1.88. The van der Waals surface area contributed by atoms with Gasteiger partial charge in [-0.05, 0) is 54.8 Å². The van der Waals surface area contributed by atoms with Crippen LogP contribution in [0.1, 0.15) is 24.0 Å². The molecule has 2 aromatic carbocycles. The Balaban J connectivity index is 1.36. The minimum atomic E-state index is -4.34. The Kier molecular flexibility index (Phi) is 4.94. The fourth-order valence-electron chi connectivity index (χ4n) is 3.77. The van der Waals surface area contributed by atoms with Crippen molar-refractivity contribution in [3.8, 4) is 0 Å². The zero-order valence-electron chi connectivity index (χ0n) is 15.5. The van der Waals surface area contributed by atoms with Crippen molar-refractivity contribution in [2.45, 2.75) is 25.4 Å². The van der Waals surface area contributed by atoms with Gasteiger partial charge in [0.25, 0.3) is 0 Å². The minimum absolute atomic E-state index is 0.0883. The third kappa shape index (κ3) is 4.21. The molecule has 1 aliphatic heterocycles. The molecule has 0 radical (unpaired) electrons. The normalized spacial score (nSPS) is 15.8. The number of H-pyrrole nitrogens is 1. The van der Waals surface area contributed by atoms with Gasteiger partial charge >= 0.3 is 11.9 Å². The van der Waals surface area contributed by atoms with E-state index < -0.39 is 17.5 Å². The smallest absolute Gasteiger partial charge is 0.408 e. The van der Waals surface area contributed by atoms with Crippen LogP contribution in [0.2, 0.25) is 0 Å². The number of aromatic nitrogens is 1. The van der Waals surface area contributed by atoms with Crippen LogP contribution in [-0.2, 0) is 17.4 Å². The van der Waals surface area contributed by atoms with E-state index in [0.717, 1.165) is 23.4 Å². The van der Waals surface area contributed by atoms with Gasteiger partial charge in [0, 0.05) is 31.1 Å². The largest absolute Gasteiger partial charge is 0.417 e. The van der Waals surface area contributed by atoms with Crippen molar-refractivity contribution in [3.05, 3.63) is 64.1 Å². The molecule has 152 valence electrons. The number of carbonyl (C=O) groups excluding carboxylic acids is 1. The summed E-state index contributed by atoms with van der Waals surface area (Å²) in [6.07, 6.45) is -2.78. The van der Waals surface area contributed by atoms with E-state index in [2.05, 4.69) is 4.98 Å². The van der Waals surface area contributed by atoms with Crippen LogP contribution in [0.4, 0.5) is 18.9 Å². The fraction of sp³-hybridized carbons (Fsp3) is 0.333. The highest BCUT2D eigenvalue weighted by atomic mass is 19.4.